The van der Waals surface area contributed by atoms with E-state index in [1.165, 1.54) is 0 Å². The predicted octanol–water partition coefficient (Wildman–Crippen LogP) is 7.90. The molecule has 0 saturated carbocycles. The van der Waals surface area contributed by atoms with Crippen molar-refractivity contribution in [2.45, 2.75) is 18.3 Å². The number of hydrogen-bond acceptors (Lipinski definition) is 0. The third-order valence-electron chi connectivity index (χ3n) is 4.30. The average molecular weight is 399 g/mol. The quantitative estimate of drug-likeness (QED) is 0.240. The molecule has 0 amide bonds. The zero-order valence-corrected chi connectivity index (χ0v) is 14.8. The summed E-state index contributed by atoms with van der Waals surface area (Å²) in [5, 5.41) is 3.42. The van der Waals surface area contributed by atoms with Crippen LogP contribution in [0, 0.1) is 0 Å². The molecular formula is C15H6Cl6. The summed E-state index contributed by atoms with van der Waals surface area (Å²) < 4.78 is 0. The summed E-state index contributed by atoms with van der Waals surface area (Å²) in [5.74, 6) is 0.553. The number of halogens is 6. The van der Waals surface area contributed by atoms with Crippen molar-refractivity contribution >= 4 is 80.4 Å². The summed E-state index contributed by atoms with van der Waals surface area (Å²) >= 11 is 38.1. The van der Waals surface area contributed by atoms with Crippen LogP contribution < -0.4 is 0 Å². The van der Waals surface area contributed by atoms with Gasteiger partial charge in [-0.3, -0.25) is 0 Å². The first-order valence-corrected chi connectivity index (χ1v) is 8.55. The van der Waals surface area contributed by atoms with Crippen molar-refractivity contribution in [3.05, 3.63) is 53.4 Å². The lowest BCUT2D eigenvalue weighted by molar-refractivity contribution is 0.806. The topological polar surface area (TPSA) is 0 Å². The number of fused-ring (bicyclic) bond motifs is 7. The fourth-order valence-corrected chi connectivity index (χ4v) is 5.17. The van der Waals surface area contributed by atoms with Crippen LogP contribution in [-0.4, -0.2) is 0 Å². The van der Waals surface area contributed by atoms with Crippen LogP contribution in [0.1, 0.15) is 29.4 Å². The first-order chi connectivity index (χ1) is 9.93. The van der Waals surface area contributed by atoms with Gasteiger partial charge in [-0.1, -0.05) is 81.8 Å². The molecule has 2 bridgehead atoms. The molecule has 2 atom stereocenters. The number of benzene rings is 2. The fourth-order valence-electron chi connectivity index (χ4n) is 3.45. The van der Waals surface area contributed by atoms with Crippen molar-refractivity contribution in [3.8, 4) is 0 Å². The third-order valence-corrected chi connectivity index (χ3v) is 6.97. The molecule has 0 N–H and O–H groups in total. The molecule has 108 valence electrons. The Morgan fingerprint density at radius 2 is 1.05 bits per heavy atom. The normalized spacial score (nSPS) is 22.4. The highest BCUT2D eigenvalue weighted by atomic mass is 35.5. The van der Waals surface area contributed by atoms with Crippen molar-refractivity contribution < 1.29 is 0 Å². The van der Waals surface area contributed by atoms with Crippen LogP contribution >= 0.6 is 69.6 Å². The largest absolute Gasteiger partial charge is 0.0823 e. The van der Waals surface area contributed by atoms with E-state index < -0.39 is 0 Å². The molecule has 0 heterocycles. The molecule has 6 heteroatoms. The molecule has 2 aromatic carbocycles. The molecular weight excluding hydrogens is 393 g/mol. The molecule has 4 rings (SSSR count). The van der Waals surface area contributed by atoms with E-state index in [9.17, 15) is 0 Å². The van der Waals surface area contributed by atoms with Gasteiger partial charge in [-0.15, -0.1) is 0 Å². The molecule has 0 spiro atoms. The molecule has 0 nitrogen and oxygen atoms in total. The Bertz CT molecular complexity index is 852. The third kappa shape index (κ3) is 1.78. The fraction of sp³-hybridized carbons (Fsp3) is 0.200. The van der Waals surface area contributed by atoms with Crippen LogP contribution in [0.5, 0.6) is 0 Å². The number of hydrogen-bond donors (Lipinski definition) is 0. The number of rotatable bonds is 0. The van der Waals surface area contributed by atoms with Gasteiger partial charge in [0.05, 0.1) is 30.1 Å². The Labute approximate surface area is 151 Å². The maximum atomic E-state index is 6.48. The molecule has 0 saturated heterocycles. The van der Waals surface area contributed by atoms with Gasteiger partial charge in [0.25, 0.3) is 0 Å². The summed E-state index contributed by atoms with van der Waals surface area (Å²) in [4.78, 5) is 0. The maximum Gasteiger partial charge on any atom is 0.0800 e. The SMILES string of the molecule is Clc1c(Cl)c(Cl)c2c3c(c(Cl)c(Cl)c2c1Cl)C1C=CC3C1. The number of allylic oxidation sites excluding steroid dienone is 2. The van der Waals surface area contributed by atoms with Gasteiger partial charge < -0.3 is 0 Å². The second kappa shape index (κ2) is 4.84. The van der Waals surface area contributed by atoms with Gasteiger partial charge in [-0.25, -0.2) is 0 Å². The summed E-state index contributed by atoms with van der Waals surface area (Å²) in [6.07, 6.45) is 5.32. The summed E-state index contributed by atoms with van der Waals surface area (Å²) in [6, 6.07) is 0. The molecule has 2 unspecified atom stereocenters. The van der Waals surface area contributed by atoms with E-state index in [-0.39, 0.29) is 21.9 Å². The molecule has 0 aromatic heterocycles. The van der Waals surface area contributed by atoms with Crippen LogP contribution in [0.4, 0.5) is 0 Å². The first-order valence-electron chi connectivity index (χ1n) is 6.28. The molecule has 0 fully saturated rings. The minimum atomic E-state index is 0.201. The summed E-state index contributed by atoms with van der Waals surface area (Å²) in [7, 11) is 0. The van der Waals surface area contributed by atoms with Crippen molar-refractivity contribution in [1.82, 2.24) is 0 Å². The Morgan fingerprint density at radius 1 is 0.571 bits per heavy atom. The lowest BCUT2D eigenvalue weighted by Crippen LogP contribution is -1.99. The van der Waals surface area contributed by atoms with Gasteiger partial charge >= 0.3 is 0 Å². The maximum absolute atomic E-state index is 6.48. The first kappa shape index (κ1) is 14.8. The lowest BCUT2D eigenvalue weighted by Gasteiger charge is -2.20. The van der Waals surface area contributed by atoms with Gasteiger partial charge in [-0.2, -0.15) is 0 Å². The summed E-state index contributed by atoms with van der Waals surface area (Å²) in [6.45, 7) is 0. The van der Waals surface area contributed by atoms with Crippen LogP contribution in [0.2, 0.25) is 30.1 Å². The molecule has 2 aromatic rings. The van der Waals surface area contributed by atoms with E-state index in [1.807, 2.05) is 0 Å². The zero-order valence-electron chi connectivity index (χ0n) is 10.3. The van der Waals surface area contributed by atoms with Crippen LogP contribution in [0.15, 0.2) is 12.2 Å². The Morgan fingerprint density at radius 3 is 1.67 bits per heavy atom. The molecule has 2 aliphatic rings. The van der Waals surface area contributed by atoms with Gasteiger partial charge in [0.15, 0.2) is 0 Å². The predicted molar refractivity (Wildman–Crippen MR) is 93.2 cm³/mol. The van der Waals surface area contributed by atoms with Crippen LogP contribution in [-0.2, 0) is 0 Å². The highest BCUT2D eigenvalue weighted by molar-refractivity contribution is 6.58. The second-order valence-electron chi connectivity index (χ2n) is 5.29. The van der Waals surface area contributed by atoms with Crippen molar-refractivity contribution in [1.29, 1.82) is 0 Å². The second-order valence-corrected chi connectivity index (χ2v) is 7.56. The van der Waals surface area contributed by atoms with E-state index in [4.69, 9.17) is 69.6 Å². The van der Waals surface area contributed by atoms with E-state index in [2.05, 4.69) is 12.2 Å². The van der Waals surface area contributed by atoms with Gasteiger partial charge in [0.1, 0.15) is 0 Å². The Balaban J connectivity index is 2.30. The van der Waals surface area contributed by atoms with Crippen molar-refractivity contribution in [2.24, 2.45) is 0 Å². The molecule has 0 radical (unpaired) electrons. The molecule has 2 aliphatic carbocycles. The highest BCUT2D eigenvalue weighted by Crippen LogP contribution is 2.59. The average Bonchev–Trinajstić information content (AvgIpc) is 3.07. The van der Waals surface area contributed by atoms with Crippen LogP contribution in [0.3, 0.4) is 0 Å². The van der Waals surface area contributed by atoms with E-state index >= 15 is 0 Å². The minimum absolute atomic E-state index is 0.201. The van der Waals surface area contributed by atoms with Gasteiger partial charge in [0, 0.05) is 22.6 Å². The summed E-state index contributed by atoms with van der Waals surface area (Å²) in [5.41, 5.74) is 2.12. The molecule has 21 heavy (non-hydrogen) atoms. The minimum Gasteiger partial charge on any atom is -0.0823 e. The zero-order chi connectivity index (χ0) is 15.0. The van der Waals surface area contributed by atoms with E-state index in [0.717, 1.165) is 22.9 Å². The Hall–Kier alpha value is 0.180. The van der Waals surface area contributed by atoms with Crippen molar-refractivity contribution in [3.63, 3.8) is 0 Å². The molecule has 0 aliphatic heterocycles. The van der Waals surface area contributed by atoms with Gasteiger partial charge in [-0.05, 0) is 17.5 Å². The Kier molecular flexibility index (Phi) is 3.40. The van der Waals surface area contributed by atoms with E-state index in [1.54, 1.807) is 0 Å². The standard InChI is InChI=1S/C15H6Cl6/c16-10-7-5-2-1-4(3-5)6(7)8-9(12(10)18)13(19)15(21)14(20)11(8)17/h1-2,4-5H,3H2. The van der Waals surface area contributed by atoms with E-state index in [0.29, 0.717) is 25.5 Å². The van der Waals surface area contributed by atoms with Crippen molar-refractivity contribution in [2.75, 3.05) is 0 Å². The monoisotopic (exact) mass is 396 g/mol. The van der Waals surface area contributed by atoms with Gasteiger partial charge in [0.2, 0.25) is 0 Å². The highest BCUT2D eigenvalue weighted by Gasteiger charge is 2.38. The van der Waals surface area contributed by atoms with Crippen LogP contribution in [0.25, 0.3) is 10.8 Å². The smallest absolute Gasteiger partial charge is 0.0800 e. The lowest BCUT2D eigenvalue weighted by atomic mass is 9.91.